The summed E-state index contributed by atoms with van der Waals surface area (Å²) in [6, 6.07) is 8.47. The minimum Gasteiger partial charge on any atom is -0.462 e. The highest BCUT2D eigenvalue weighted by Gasteiger charge is 2.38. The molecule has 5 nitrogen and oxygen atoms in total. The Morgan fingerprint density at radius 3 is 2.62 bits per heavy atom. The Bertz CT molecular complexity index is 671. The molecule has 0 atom stereocenters. The minimum atomic E-state index is -0.333. The summed E-state index contributed by atoms with van der Waals surface area (Å²) in [5, 5.41) is 9.15. The van der Waals surface area contributed by atoms with Crippen LogP contribution in [0.25, 0.3) is 11.3 Å². The van der Waals surface area contributed by atoms with Gasteiger partial charge in [-0.1, -0.05) is 12.5 Å². The van der Waals surface area contributed by atoms with Crippen LogP contribution < -0.4 is 4.74 Å². The second kappa shape index (κ2) is 5.49. The molecule has 1 saturated carbocycles. The highest BCUT2D eigenvalue weighted by molar-refractivity contribution is 5.56. The van der Waals surface area contributed by atoms with E-state index >= 15 is 0 Å². The second-order valence-corrected chi connectivity index (χ2v) is 5.45. The number of rotatable bonds is 4. The van der Waals surface area contributed by atoms with E-state index in [4.69, 9.17) is 10.00 Å². The standard InChI is InChI=1S/C16H16N4O/c1-12-4-2-5-14(20-12)13-8-18-15(19-9-13)21-11-16(10-17)6-3-7-16/h2,4-5,8-9H,3,6-7,11H2,1H3. The van der Waals surface area contributed by atoms with Gasteiger partial charge >= 0.3 is 6.01 Å². The SMILES string of the molecule is Cc1cccc(-c2cnc(OCC3(C#N)CCC3)nc2)n1. The third kappa shape index (κ3) is 2.84. The van der Waals surface area contributed by atoms with Gasteiger partial charge in [-0.3, -0.25) is 4.98 Å². The Balaban J connectivity index is 1.68. The van der Waals surface area contributed by atoms with Gasteiger partial charge in [-0.25, -0.2) is 9.97 Å². The van der Waals surface area contributed by atoms with Crippen LogP contribution in [0.1, 0.15) is 25.0 Å². The molecule has 0 aliphatic heterocycles. The van der Waals surface area contributed by atoms with Gasteiger partial charge in [0.25, 0.3) is 0 Å². The van der Waals surface area contributed by atoms with Crippen LogP contribution in [-0.4, -0.2) is 21.6 Å². The lowest BCUT2D eigenvalue weighted by molar-refractivity contribution is 0.108. The largest absolute Gasteiger partial charge is 0.462 e. The summed E-state index contributed by atoms with van der Waals surface area (Å²) in [6.07, 6.45) is 6.28. The molecule has 0 radical (unpaired) electrons. The summed E-state index contributed by atoms with van der Waals surface area (Å²) in [5.41, 5.74) is 2.31. The second-order valence-electron chi connectivity index (χ2n) is 5.45. The Kier molecular flexibility index (Phi) is 3.53. The lowest BCUT2D eigenvalue weighted by Crippen LogP contribution is -2.34. The molecule has 1 aliphatic rings. The van der Waals surface area contributed by atoms with Gasteiger partial charge < -0.3 is 4.74 Å². The van der Waals surface area contributed by atoms with Crippen molar-refractivity contribution in [2.45, 2.75) is 26.2 Å². The van der Waals surface area contributed by atoms with Gasteiger partial charge in [0, 0.05) is 23.7 Å². The average molecular weight is 280 g/mol. The Morgan fingerprint density at radius 2 is 2.05 bits per heavy atom. The van der Waals surface area contributed by atoms with E-state index in [0.29, 0.717) is 12.6 Å². The normalized spacial score (nSPS) is 15.8. The number of hydrogen-bond donors (Lipinski definition) is 0. The van der Waals surface area contributed by atoms with Crippen LogP contribution in [0, 0.1) is 23.7 Å². The van der Waals surface area contributed by atoms with Crippen molar-refractivity contribution in [2.24, 2.45) is 5.41 Å². The molecule has 2 aromatic rings. The molecular formula is C16H16N4O. The third-order valence-electron chi connectivity index (χ3n) is 3.84. The summed E-state index contributed by atoms with van der Waals surface area (Å²) in [4.78, 5) is 12.8. The fourth-order valence-electron chi connectivity index (χ4n) is 2.32. The molecule has 0 amide bonds. The van der Waals surface area contributed by atoms with E-state index in [-0.39, 0.29) is 5.41 Å². The van der Waals surface area contributed by atoms with Crippen LogP contribution >= 0.6 is 0 Å². The quantitative estimate of drug-likeness (QED) is 0.861. The first-order valence-electron chi connectivity index (χ1n) is 7.01. The van der Waals surface area contributed by atoms with E-state index in [1.165, 1.54) is 0 Å². The van der Waals surface area contributed by atoms with Gasteiger partial charge in [-0.2, -0.15) is 5.26 Å². The number of aromatic nitrogens is 3. The fourth-order valence-corrected chi connectivity index (χ4v) is 2.32. The van der Waals surface area contributed by atoms with Gasteiger partial charge in [0.15, 0.2) is 0 Å². The van der Waals surface area contributed by atoms with Gasteiger partial charge in [0.1, 0.15) is 6.61 Å². The van der Waals surface area contributed by atoms with E-state index in [0.717, 1.165) is 36.2 Å². The topological polar surface area (TPSA) is 71.7 Å². The summed E-state index contributed by atoms with van der Waals surface area (Å²) < 4.78 is 5.55. The first-order chi connectivity index (χ1) is 10.2. The molecule has 0 saturated heterocycles. The third-order valence-corrected chi connectivity index (χ3v) is 3.84. The van der Waals surface area contributed by atoms with Crippen LogP contribution in [0.2, 0.25) is 0 Å². The van der Waals surface area contributed by atoms with Crippen molar-refractivity contribution in [2.75, 3.05) is 6.61 Å². The van der Waals surface area contributed by atoms with E-state index in [1.54, 1.807) is 12.4 Å². The Hall–Kier alpha value is -2.48. The predicted octanol–water partition coefficient (Wildman–Crippen LogP) is 2.92. The number of ether oxygens (including phenoxy) is 1. The molecular weight excluding hydrogens is 264 g/mol. The summed E-state index contributed by atoms with van der Waals surface area (Å²) in [6.45, 7) is 2.31. The first-order valence-corrected chi connectivity index (χ1v) is 7.01. The van der Waals surface area contributed by atoms with Crippen molar-refractivity contribution < 1.29 is 4.74 Å². The number of aryl methyl sites for hydroxylation is 1. The van der Waals surface area contributed by atoms with E-state index in [2.05, 4.69) is 21.0 Å². The molecule has 21 heavy (non-hydrogen) atoms. The zero-order valence-corrected chi connectivity index (χ0v) is 11.9. The van der Waals surface area contributed by atoms with E-state index in [1.807, 2.05) is 25.1 Å². The molecule has 0 bridgehead atoms. The van der Waals surface area contributed by atoms with Crippen molar-refractivity contribution in [1.29, 1.82) is 5.26 Å². The van der Waals surface area contributed by atoms with Crippen LogP contribution in [0.3, 0.4) is 0 Å². The van der Waals surface area contributed by atoms with Crippen LogP contribution in [0.15, 0.2) is 30.6 Å². The molecule has 5 heteroatoms. The number of pyridine rings is 1. The monoisotopic (exact) mass is 280 g/mol. The maximum atomic E-state index is 9.15. The molecule has 3 rings (SSSR count). The minimum absolute atomic E-state index is 0.313. The summed E-state index contributed by atoms with van der Waals surface area (Å²) in [5.74, 6) is 0. The summed E-state index contributed by atoms with van der Waals surface area (Å²) in [7, 11) is 0. The molecule has 0 N–H and O–H groups in total. The fraction of sp³-hybridized carbons (Fsp3) is 0.375. The zero-order valence-electron chi connectivity index (χ0n) is 11.9. The van der Waals surface area contributed by atoms with Crippen molar-refractivity contribution in [3.63, 3.8) is 0 Å². The number of nitriles is 1. The average Bonchev–Trinajstić information content (AvgIpc) is 2.47. The molecule has 2 aromatic heterocycles. The van der Waals surface area contributed by atoms with Crippen LogP contribution in [-0.2, 0) is 0 Å². The van der Waals surface area contributed by atoms with Gasteiger partial charge in [0.2, 0.25) is 0 Å². The van der Waals surface area contributed by atoms with Crippen molar-refractivity contribution in [3.8, 4) is 23.3 Å². The van der Waals surface area contributed by atoms with Crippen LogP contribution in [0.5, 0.6) is 6.01 Å². The first kappa shape index (κ1) is 13.5. The van der Waals surface area contributed by atoms with E-state index in [9.17, 15) is 0 Å². The maximum absolute atomic E-state index is 9.15. The molecule has 1 fully saturated rings. The summed E-state index contributed by atoms with van der Waals surface area (Å²) >= 11 is 0. The molecule has 2 heterocycles. The lowest BCUT2D eigenvalue weighted by atomic mass is 9.71. The molecule has 0 unspecified atom stereocenters. The van der Waals surface area contributed by atoms with Gasteiger partial charge in [0.05, 0.1) is 17.2 Å². The van der Waals surface area contributed by atoms with Gasteiger partial charge in [-0.05, 0) is 31.9 Å². The Morgan fingerprint density at radius 1 is 1.29 bits per heavy atom. The number of hydrogen-bond acceptors (Lipinski definition) is 5. The Labute approximate surface area is 123 Å². The molecule has 106 valence electrons. The van der Waals surface area contributed by atoms with E-state index < -0.39 is 0 Å². The van der Waals surface area contributed by atoms with Crippen molar-refractivity contribution in [3.05, 3.63) is 36.3 Å². The molecule has 0 spiro atoms. The van der Waals surface area contributed by atoms with Gasteiger partial charge in [-0.15, -0.1) is 0 Å². The maximum Gasteiger partial charge on any atom is 0.316 e. The van der Waals surface area contributed by atoms with Crippen LogP contribution in [0.4, 0.5) is 0 Å². The highest BCUT2D eigenvalue weighted by atomic mass is 16.5. The number of nitrogens with zero attached hydrogens (tertiary/aromatic N) is 4. The smallest absolute Gasteiger partial charge is 0.316 e. The predicted molar refractivity (Wildman–Crippen MR) is 77.4 cm³/mol. The van der Waals surface area contributed by atoms with Crippen molar-refractivity contribution in [1.82, 2.24) is 15.0 Å². The zero-order chi connectivity index (χ0) is 14.7. The highest BCUT2D eigenvalue weighted by Crippen LogP contribution is 2.40. The van der Waals surface area contributed by atoms with Crippen molar-refractivity contribution >= 4 is 0 Å². The molecule has 1 aliphatic carbocycles. The lowest BCUT2D eigenvalue weighted by Gasteiger charge is -2.34. The molecule has 0 aromatic carbocycles.